The van der Waals surface area contributed by atoms with Crippen molar-refractivity contribution >= 4 is 5.78 Å². The van der Waals surface area contributed by atoms with Gasteiger partial charge in [0.05, 0.1) is 5.41 Å². The second-order valence-electron chi connectivity index (χ2n) is 5.39. The summed E-state index contributed by atoms with van der Waals surface area (Å²) in [4.78, 5) is 12.5. The van der Waals surface area contributed by atoms with Gasteiger partial charge in [-0.1, -0.05) is 55.3 Å². The molecule has 1 atom stereocenters. The van der Waals surface area contributed by atoms with E-state index in [1.807, 2.05) is 30.4 Å². The van der Waals surface area contributed by atoms with Gasteiger partial charge in [-0.15, -0.1) is 6.58 Å². The molecule has 0 aromatic heterocycles. The van der Waals surface area contributed by atoms with Crippen LogP contribution in [0.5, 0.6) is 0 Å². The monoisotopic (exact) mass is 254 g/mol. The first-order chi connectivity index (χ1) is 9.23. The number of hydrogen-bond donors (Lipinski definition) is 0. The van der Waals surface area contributed by atoms with Crippen molar-refractivity contribution in [3.05, 3.63) is 60.2 Å². The minimum absolute atomic E-state index is 0.254. The standard InChI is InChI=1S/C18H22O/c1-3-5-9-15-13-17(19)18(14-15,12-4-2)16-10-7-6-8-11-16/h4,6-8,10-11,13H,2-3,5,9,12,14H2,1H3. The van der Waals surface area contributed by atoms with Crippen LogP contribution in [0.3, 0.4) is 0 Å². The van der Waals surface area contributed by atoms with Gasteiger partial charge in [-0.25, -0.2) is 0 Å². The molecule has 1 unspecified atom stereocenters. The van der Waals surface area contributed by atoms with Gasteiger partial charge in [-0.05, 0) is 37.3 Å². The molecule has 100 valence electrons. The van der Waals surface area contributed by atoms with Crippen molar-refractivity contribution < 1.29 is 4.79 Å². The summed E-state index contributed by atoms with van der Waals surface area (Å²) >= 11 is 0. The normalized spacial score (nSPS) is 22.4. The van der Waals surface area contributed by atoms with Crippen molar-refractivity contribution in [1.29, 1.82) is 0 Å². The van der Waals surface area contributed by atoms with E-state index < -0.39 is 0 Å². The minimum Gasteiger partial charge on any atom is -0.294 e. The van der Waals surface area contributed by atoms with E-state index in [-0.39, 0.29) is 11.2 Å². The summed E-state index contributed by atoms with van der Waals surface area (Å²) in [6.07, 6.45) is 8.73. The maximum absolute atomic E-state index is 12.5. The molecular weight excluding hydrogens is 232 g/mol. The molecule has 2 rings (SSSR count). The lowest BCUT2D eigenvalue weighted by atomic mass is 9.74. The Morgan fingerprint density at radius 2 is 2.05 bits per heavy atom. The molecule has 1 aliphatic carbocycles. The number of allylic oxidation sites excluding steroid dienone is 3. The van der Waals surface area contributed by atoms with Gasteiger partial charge in [0, 0.05) is 0 Å². The molecule has 1 heteroatoms. The Balaban J connectivity index is 2.28. The first kappa shape index (κ1) is 13.8. The van der Waals surface area contributed by atoms with Crippen LogP contribution in [-0.4, -0.2) is 5.78 Å². The molecular formula is C18H22O. The maximum Gasteiger partial charge on any atom is 0.166 e. The number of benzene rings is 1. The number of hydrogen-bond acceptors (Lipinski definition) is 1. The highest BCUT2D eigenvalue weighted by molar-refractivity contribution is 6.02. The maximum atomic E-state index is 12.5. The molecule has 0 bridgehead atoms. The zero-order valence-electron chi connectivity index (χ0n) is 11.7. The first-order valence-corrected chi connectivity index (χ1v) is 7.13. The van der Waals surface area contributed by atoms with Crippen molar-refractivity contribution in [2.24, 2.45) is 0 Å². The number of carbonyl (C=O) groups excluding carboxylic acids is 1. The molecule has 19 heavy (non-hydrogen) atoms. The Bertz CT molecular complexity index is 484. The quantitative estimate of drug-likeness (QED) is 0.679. The van der Waals surface area contributed by atoms with Crippen LogP contribution in [0.15, 0.2) is 54.6 Å². The summed E-state index contributed by atoms with van der Waals surface area (Å²) in [7, 11) is 0. The summed E-state index contributed by atoms with van der Waals surface area (Å²) < 4.78 is 0. The number of carbonyl (C=O) groups is 1. The van der Waals surface area contributed by atoms with Gasteiger partial charge in [0.1, 0.15) is 0 Å². The fraction of sp³-hybridized carbons (Fsp3) is 0.389. The van der Waals surface area contributed by atoms with Crippen LogP contribution in [0.4, 0.5) is 0 Å². The van der Waals surface area contributed by atoms with Crippen molar-refractivity contribution in [3.63, 3.8) is 0 Å². The Kier molecular flexibility index (Phi) is 4.36. The zero-order valence-corrected chi connectivity index (χ0v) is 11.7. The summed E-state index contributed by atoms with van der Waals surface area (Å²) in [5.41, 5.74) is 2.05. The average Bonchev–Trinajstić information content (AvgIpc) is 2.75. The third-order valence-electron chi connectivity index (χ3n) is 4.01. The predicted octanol–water partition coefficient (Wildman–Crippen LogP) is 4.59. The van der Waals surface area contributed by atoms with E-state index >= 15 is 0 Å². The van der Waals surface area contributed by atoms with Crippen LogP contribution in [0.2, 0.25) is 0 Å². The average molecular weight is 254 g/mol. The topological polar surface area (TPSA) is 17.1 Å². The molecule has 1 aliphatic rings. The molecule has 0 saturated heterocycles. The largest absolute Gasteiger partial charge is 0.294 e. The number of rotatable bonds is 6. The van der Waals surface area contributed by atoms with E-state index in [2.05, 4.69) is 25.6 Å². The molecule has 0 N–H and O–H groups in total. The number of unbranched alkanes of at least 4 members (excludes halogenated alkanes) is 1. The lowest BCUT2D eigenvalue weighted by Gasteiger charge is -2.27. The van der Waals surface area contributed by atoms with Crippen molar-refractivity contribution in [2.75, 3.05) is 0 Å². The van der Waals surface area contributed by atoms with Crippen LogP contribution in [0.1, 0.15) is 44.6 Å². The van der Waals surface area contributed by atoms with Gasteiger partial charge < -0.3 is 0 Å². The first-order valence-electron chi connectivity index (χ1n) is 7.13. The van der Waals surface area contributed by atoms with Gasteiger partial charge in [0.25, 0.3) is 0 Å². The highest BCUT2D eigenvalue weighted by Crippen LogP contribution is 2.42. The fourth-order valence-corrected chi connectivity index (χ4v) is 2.95. The van der Waals surface area contributed by atoms with Crippen LogP contribution in [0.25, 0.3) is 0 Å². The Morgan fingerprint density at radius 1 is 1.32 bits per heavy atom. The third-order valence-corrected chi connectivity index (χ3v) is 4.01. The highest BCUT2D eigenvalue weighted by Gasteiger charge is 2.42. The Labute approximate surface area is 116 Å². The van der Waals surface area contributed by atoms with Crippen LogP contribution in [-0.2, 0) is 10.2 Å². The summed E-state index contributed by atoms with van der Waals surface area (Å²) in [5, 5.41) is 0. The van der Waals surface area contributed by atoms with Crippen molar-refractivity contribution in [2.45, 2.75) is 44.4 Å². The molecule has 1 nitrogen and oxygen atoms in total. The second kappa shape index (κ2) is 6.01. The van der Waals surface area contributed by atoms with E-state index in [0.717, 1.165) is 31.2 Å². The van der Waals surface area contributed by atoms with E-state index in [0.29, 0.717) is 0 Å². The Hall–Kier alpha value is -1.63. The summed E-state index contributed by atoms with van der Waals surface area (Å²) in [5.74, 6) is 0.254. The molecule has 1 aromatic rings. The summed E-state index contributed by atoms with van der Waals surface area (Å²) in [6, 6.07) is 10.2. The van der Waals surface area contributed by atoms with Crippen molar-refractivity contribution in [3.8, 4) is 0 Å². The third kappa shape index (κ3) is 2.70. The molecule has 0 heterocycles. The van der Waals surface area contributed by atoms with Crippen LogP contribution in [0, 0.1) is 0 Å². The molecule has 0 spiro atoms. The van der Waals surface area contributed by atoms with E-state index in [1.165, 1.54) is 12.0 Å². The van der Waals surface area contributed by atoms with E-state index in [4.69, 9.17) is 0 Å². The summed E-state index contributed by atoms with van der Waals surface area (Å²) in [6.45, 7) is 6.03. The van der Waals surface area contributed by atoms with Gasteiger partial charge in [-0.3, -0.25) is 4.79 Å². The molecule has 0 radical (unpaired) electrons. The van der Waals surface area contributed by atoms with Crippen LogP contribution < -0.4 is 0 Å². The van der Waals surface area contributed by atoms with Gasteiger partial charge in [0.2, 0.25) is 0 Å². The van der Waals surface area contributed by atoms with E-state index in [1.54, 1.807) is 0 Å². The van der Waals surface area contributed by atoms with Gasteiger partial charge in [0.15, 0.2) is 5.78 Å². The smallest absolute Gasteiger partial charge is 0.166 e. The fourth-order valence-electron chi connectivity index (χ4n) is 2.95. The molecule has 0 aliphatic heterocycles. The molecule has 1 aromatic carbocycles. The Morgan fingerprint density at radius 3 is 2.68 bits per heavy atom. The number of ketones is 1. The van der Waals surface area contributed by atoms with Gasteiger partial charge in [-0.2, -0.15) is 0 Å². The highest BCUT2D eigenvalue weighted by atomic mass is 16.1. The van der Waals surface area contributed by atoms with E-state index in [9.17, 15) is 4.79 Å². The minimum atomic E-state index is -0.383. The van der Waals surface area contributed by atoms with Crippen LogP contribution >= 0.6 is 0 Å². The lowest BCUT2D eigenvalue weighted by Crippen LogP contribution is -2.30. The van der Waals surface area contributed by atoms with Crippen molar-refractivity contribution in [1.82, 2.24) is 0 Å². The SMILES string of the molecule is C=CCC1(c2ccccc2)CC(CCCC)=CC1=O. The lowest BCUT2D eigenvalue weighted by molar-refractivity contribution is -0.118. The predicted molar refractivity (Wildman–Crippen MR) is 80.2 cm³/mol. The van der Waals surface area contributed by atoms with Gasteiger partial charge >= 0.3 is 0 Å². The second-order valence-corrected chi connectivity index (χ2v) is 5.39. The molecule has 0 fully saturated rings. The molecule has 0 saturated carbocycles. The zero-order chi connectivity index (χ0) is 13.7. The molecule has 0 amide bonds.